The van der Waals surface area contributed by atoms with Gasteiger partial charge in [0, 0.05) is 5.92 Å². The van der Waals surface area contributed by atoms with Gasteiger partial charge in [0.25, 0.3) is 10.1 Å². The average Bonchev–Trinajstić information content (AvgIpc) is 2.58. The Labute approximate surface area is 91.3 Å². The SMILES string of the molecule is CC(C)C1C2CC3C(C2)S(=O)(=O)OC31C. The van der Waals surface area contributed by atoms with Crippen molar-refractivity contribution < 1.29 is 12.6 Å². The van der Waals surface area contributed by atoms with E-state index < -0.39 is 10.1 Å². The Bertz CT molecular complexity index is 400. The highest BCUT2D eigenvalue weighted by Crippen LogP contribution is 2.64. The molecule has 1 saturated heterocycles. The van der Waals surface area contributed by atoms with Crippen molar-refractivity contribution >= 4 is 10.1 Å². The minimum atomic E-state index is -3.26. The van der Waals surface area contributed by atoms with Crippen LogP contribution in [0.1, 0.15) is 33.6 Å². The van der Waals surface area contributed by atoms with Crippen LogP contribution in [-0.4, -0.2) is 19.3 Å². The summed E-state index contributed by atoms with van der Waals surface area (Å²) in [4.78, 5) is 0. The molecular weight excluding hydrogens is 212 g/mol. The summed E-state index contributed by atoms with van der Waals surface area (Å²) < 4.78 is 29.1. The predicted molar refractivity (Wildman–Crippen MR) is 56.7 cm³/mol. The fourth-order valence-electron chi connectivity index (χ4n) is 4.60. The van der Waals surface area contributed by atoms with Gasteiger partial charge in [-0.05, 0) is 37.5 Å². The number of fused-ring (bicyclic) bond motifs is 1. The van der Waals surface area contributed by atoms with Gasteiger partial charge in [0.05, 0.1) is 10.9 Å². The fraction of sp³-hybridized carbons (Fsp3) is 1.00. The van der Waals surface area contributed by atoms with Crippen LogP contribution >= 0.6 is 0 Å². The van der Waals surface area contributed by atoms with Crippen molar-refractivity contribution in [2.45, 2.75) is 44.5 Å². The van der Waals surface area contributed by atoms with Crippen molar-refractivity contribution in [3.8, 4) is 0 Å². The van der Waals surface area contributed by atoms with E-state index in [1.807, 2.05) is 6.92 Å². The molecule has 0 spiro atoms. The van der Waals surface area contributed by atoms with Crippen LogP contribution in [-0.2, 0) is 14.3 Å². The van der Waals surface area contributed by atoms with E-state index in [1.54, 1.807) is 0 Å². The van der Waals surface area contributed by atoms with E-state index in [4.69, 9.17) is 4.18 Å². The Morgan fingerprint density at radius 3 is 2.60 bits per heavy atom. The van der Waals surface area contributed by atoms with Crippen LogP contribution in [0.15, 0.2) is 0 Å². The summed E-state index contributed by atoms with van der Waals surface area (Å²) in [6, 6.07) is 0. The highest BCUT2D eigenvalue weighted by Gasteiger charge is 2.70. The van der Waals surface area contributed by atoms with Gasteiger partial charge in [-0.3, -0.25) is 4.18 Å². The molecule has 3 aliphatic rings. The van der Waals surface area contributed by atoms with Gasteiger partial charge in [0.2, 0.25) is 0 Å². The fourth-order valence-corrected chi connectivity index (χ4v) is 6.73. The van der Waals surface area contributed by atoms with E-state index in [0.717, 1.165) is 12.8 Å². The summed E-state index contributed by atoms with van der Waals surface area (Å²) >= 11 is 0. The standard InChI is InChI=1S/C11H18O3S/c1-6(2)10-7-4-8-9(5-7)15(12,13)14-11(8,10)3/h6-10H,4-5H2,1-3H3. The molecule has 15 heavy (non-hydrogen) atoms. The first kappa shape index (κ1) is 10.1. The van der Waals surface area contributed by atoms with Crippen LogP contribution in [0.2, 0.25) is 0 Å². The van der Waals surface area contributed by atoms with Crippen molar-refractivity contribution in [3.05, 3.63) is 0 Å². The Hall–Kier alpha value is -0.0900. The highest BCUT2D eigenvalue weighted by molar-refractivity contribution is 7.87. The summed E-state index contributed by atoms with van der Waals surface area (Å²) in [6.45, 7) is 6.37. The second-order valence-electron chi connectivity index (χ2n) is 5.91. The first-order chi connectivity index (χ1) is 6.86. The van der Waals surface area contributed by atoms with Gasteiger partial charge in [0.15, 0.2) is 0 Å². The number of hydrogen-bond donors (Lipinski definition) is 0. The lowest BCUT2D eigenvalue weighted by atomic mass is 9.71. The van der Waals surface area contributed by atoms with E-state index >= 15 is 0 Å². The quantitative estimate of drug-likeness (QED) is 0.645. The topological polar surface area (TPSA) is 43.4 Å². The zero-order valence-electron chi connectivity index (χ0n) is 9.43. The van der Waals surface area contributed by atoms with Crippen molar-refractivity contribution in [3.63, 3.8) is 0 Å². The van der Waals surface area contributed by atoms with Crippen LogP contribution in [0.25, 0.3) is 0 Å². The van der Waals surface area contributed by atoms with Crippen molar-refractivity contribution in [1.29, 1.82) is 0 Å². The Kier molecular flexibility index (Phi) is 1.74. The summed E-state index contributed by atoms with van der Waals surface area (Å²) in [5, 5.41) is -0.192. The van der Waals surface area contributed by atoms with Gasteiger partial charge >= 0.3 is 0 Å². The van der Waals surface area contributed by atoms with Crippen molar-refractivity contribution in [2.24, 2.45) is 23.7 Å². The maximum Gasteiger partial charge on any atom is 0.271 e. The Balaban J connectivity index is 2.10. The smallest absolute Gasteiger partial charge is 0.263 e. The molecule has 4 heteroatoms. The monoisotopic (exact) mass is 230 g/mol. The maximum atomic E-state index is 11.8. The largest absolute Gasteiger partial charge is 0.271 e. The zero-order chi connectivity index (χ0) is 11.0. The highest BCUT2D eigenvalue weighted by atomic mass is 32.2. The molecule has 3 rings (SSSR count). The van der Waals surface area contributed by atoms with Crippen LogP contribution in [0, 0.1) is 23.7 Å². The normalized spacial score (nSPS) is 55.5. The lowest BCUT2D eigenvalue weighted by Crippen LogP contribution is -2.42. The summed E-state index contributed by atoms with van der Waals surface area (Å²) in [5.41, 5.74) is -0.388. The molecule has 1 aliphatic heterocycles. The van der Waals surface area contributed by atoms with Gasteiger partial charge in [-0.15, -0.1) is 0 Å². The van der Waals surface area contributed by atoms with Crippen LogP contribution < -0.4 is 0 Å². The molecule has 3 fully saturated rings. The summed E-state index contributed by atoms with van der Waals surface area (Å²) in [7, 11) is -3.26. The Morgan fingerprint density at radius 1 is 1.33 bits per heavy atom. The minimum Gasteiger partial charge on any atom is -0.263 e. The van der Waals surface area contributed by atoms with Gasteiger partial charge in [-0.1, -0.05) is 13.8 Å². The van der Waals surface area contributed by atoms with Crippen LogP contribution in [0.3, 0.4) is 0 Å². The second-order valence-corrected chi connectivity index (χ2v) is 7.66. The molecular formula is C11H18O3S. The molecule has 2 saturated carbocycles. The zero-order valence-corrected chi connectivity index (χ0v) is 10.3. The van der Waals surface area contributed by atoms with Crippen LogP contribution in [0.5, 0.6) is 0 Å². The van der Waals surface area contributed by atoms with Gasteiger partial charge < -0.3 is 0 Å². The predicted octanol–water partition coefficient (Wildman–Crippen LogP) is 1.79. The van der Waals surface area contributed by atoms with Crippen LogP contribution in [0.4, 0.5) is 0 Å². The molecule has 86 valence electrons. The molecule has 5 atom stereocenters. The van der Waals surface area contributed by atoms with Gasteiger partial charge in [-0.2, -0.15) is 8.42 Å². The molecule has 2 aliphatic carbocycles. The Morgan fingerprint density at radius 2 is 2.00 bits per heavy atom. The maximum absolute atomic E-state index is 11.8. The lowest BCUT2D eigenvalue weighted by molar-refractivity contribution is -0.00145. The average molecular weight is 230 g/mol. The first-order valence-corrected chi connectivity index (χ1v) is 7.28. The summed E-state index contributed by atoms with van der Waals surface area (Å²) in [6.07, 6.45) is 1.90. The molecule has 0 aromatic rings. The van der Waals surface area contributed by atoms with Gasteiger partial charge in [-0.25, -0.2) is 0 Å². The minimum absolute atomic E-state index is 0.192. The van der Waals surface area contributed by atoms with E-state index in [-0.39, 0.29) is 16.8 Å². The molecule has 0 N–H and O–H groups in total. The molecule has 0 radical (unpaired) electrons. The molecule has 5 unspecified atom stereocenters. The molecule has 0 aromatic heterocycles. The molecule has 0 amide bonds. The first-order valence-electron chi connectivity index (χ1n) is 5.80. The van der Waals surface area contributed by atoms with E-state index in [9.17, 15) is 8.42 Å². The van der Waals surface area contributed by atoms with Gasteiger partial charge in [0.1, 0.15) is 0 Å². The second kappa shape index (κ2) is 2.59. The molecule has 1 heterocycles. The van der Waals surface area contributed by atoms with E-state index in [0.29, 0.717) is 17.8 Å². The molecule has 3 nitrogen and oxygen atoms in total. The molecule has 2 bridgehead atoms. The third-order valence-electron chi connectivity index (χ3n) is 4.83. The summed E-state index contributed by atoms with van der Waals surface area (Å²) in [5.74, 6) is 1.78. The van der Waals surface area contributed by atoms with E-state index in [2.05, 4.69) is 13.8 Å². The third kappa shape index (κ3) is 1.02. The van der Waals surface area contributed by atoms with E-state index in [1.165, 1.54) is 0 Å². The third-order valence-corrected chi connectivity index (χ3v) is 6.69. The number of hydrogen-bond acceptors (Lipinski definition) is 3. The lowest BCUT2D eigenvalue weighted by Gasteiger charge is -2.36. The van der Waals surface area contributed by atoms with Crippen molar-refractivity contribution in [2.75, 3.05) is 0 Å². The molecule has 0 aromatic carbocycles. The number of rotatable bonds is 1. The van der Waals surface area contributed by atoms with Crippen molar-refractivity contribution in [1.82, 2.24) is 0 Å².